The van der Waals surface area contributed by atoms with Gasteiger partial charge in [0.05, 0.1) is 24.9 Å². The topological polar surface area (TPSA) is 112 Å². The second-order valence-electron chi connectivity index (χ2n) is 8.20. The van der Waals surface area contributed by atoms with Crippen LogP contribution in [0.5, 0.6) is 5.75 Å². The molecule has 1 aromatic heterocycles. The van der Waals surface area contributed by atoms with Crippen molar-refractivity contribution in [3.05, 3.63) is 62.2 Å². The van der Waals surface area contributed by atoms with Crippen molar-refractivity contribution in [1.82, 2.24) is 9.13 Å². The molecule has 10 heteroatoms. The summed E-state index contributed by atoms with van der Waals surface area (Å²) in [6.07, 6.45) is 1.80. The number of rotatable bonds is 11. The fraction of sp³-hybridized carbons (Fsp3) is 0.500. The molecule has 2 aromatic rings. The molecule has 2 rings (SSSR count). The lowest BCUT2D eigenvalue weighted by Crippen LogP contribution is -2.46. The van der Waals surface area contributed by atoms with Crippen molar-refractivity contribution in [2.45, 2.75) is 72.1 Å². The van der Waals surface area contributed by atoms with Gasteiger partial charge >= 0.3 is 5.69 Å². The van der Waals surface area contributed by atoms with Crippen molar-refractivity contribution in [3.63, 3.8) is 0 Å². The van der Waals surface area contributed by atoms with E-state index in [9.17, 15) is 23.9 Å². The lowest BCUT2D eigenvalue weighted by atomic mass is 10.1. The van der Waals surface area contributed by atoms with Crippen LogP contribution in [0.15, 0.2) is 39.1 Å². The van der Waals surface area contributed by atoms with E-state index in [1.54, 1.807) is 13.8 Å². The number of hydrogen-bond acceptors (Lipinski definition) is 7. The molecule has 0 aliphatic rings. The number of carbonyl (C=O) groups is 1. The SMILES string of the molecule is CCCCCC(=O)n1c(=O)c(/C(C)=N/OC(C)C)cn(CC(O)c2cc(F)ccc2OC)c1=O. The van der Waals surface area contributed by atoms with E-state index in [-0.39, 0.29) is 41.7 Å². The summed E-state index contributed by atoms with van der Waals surface area (Å²) in [6, 6.07) is 3.65. The zero-order chi connectivity index (χ0) is 25.4. The van der Waals surface area contributed by atoms with Crippen molar-refractivity contribution in [2.24, 2.45) is 5.16 Å². The Balaban J connectivity index is 2.59. The van der Waals surface area contributed by atoms with Crippen LogP contribution in [0.25, 0.3) is 0 Å². The van der Waals surface area contributed by atoms with Gasteiger partial charge in [0.25, 0.3) is 5.56 Å². The van der Waals surface area contributed by atoms with Crippen molar-refractivity contribution in [1.29, 1.82) is 0 Å². The summed E-state index contributed by atoms with van der Waals surface area (Å²) in [5.74, 6) is -1.00. The first kappa shape index (κ1) is 27.0. The second kappa shape index (κ2) is 12.3. The summed E-state index contributed by atoms with van der Waals surface area (Å²) < 4.78 is 20.6. The molecule has 34 heavy (non-hydrogen) atoms. The van der Waals surface area contributed by atoms with Crippen molar-refractivity contribution >= 4 is 11.6 Å². The van der Waals surface area contributed by atoms with E-state index in [0.717, 1.165) is 23.5 Å². The molecule has 0 fully saturated rings. The highest BCUT2D eigenvalue weighted by atomic mass is 19.1. The lowest BCUT2D eigenvalue weighted by molar-refractivity contribution is 0.0856. The minimum Gasteiger partial charge on any atom is -0.496 e. The fourth-order valence-electron chi connectivity index (χ4n) is 3.32. The van der Waals surface area contributed by atoms with Crippen LogP contribution in [0, 0.1) is 5.82 Å². The van der Waals surface area contributed by atoms with E-state index in [0.29, 0.717) is 11.0 Å². The molecule has 9 nitrogen and oxygen atoms in total. The standard InChI is InChI=1S/C24H32FN3O6/c1-6-7-8-9-22(30)28-23(31)19(16(4)26-34-15(2)3)13-27(24(28)32)14-20(29)18-12-17(25)10-11-21(18)33-5/h10-13,15,20,29H,6-9,14H2,1-5H3/b26-16+. The van der Waals surface area contributed by atoms with Gasteiger partial charge in [0, 0.05) is 18.2 Å². The molecule has 1 atom stereocenters. The van der Waals surface area contributed by atoms with Gasteiger partial charge in [-0.15, -0.1) is 0 Å². The number of benzene rings is 1. The highest BCUT2D eigenvalue weighted by Crippen LogP contribution is 2.26. The number of unbranched alkanes of at least 4 members (excludes halogenated alkanes) is 2. The minimum atomic E-state index is -1.36. The van der Waals surface area contributed by atoms with Crippen LogP contribution in [0.1, 0.15) is 75.4 Å². The quantitative estimate of drug-likeness (QED) is 0.302. The Morgan fingerprint density at radius 3 is 2.56 bits per heavy atom. The summed E-state index contributed by atoms with van der Waals surface area (Å²) in [5.41, 5.74) is -1.45. The fourth-order valence-corrected chi connectivity index (χ4v) is 3.32. The number of oxime groups is 1. The number of ether oxygens (including phenoxy) is 1. The molecular formula is C24H32FN3O6. The lowest BCUT2D eigenvalue weighted by Gasteiger charge is -2.18. The van der Waals surface area contributed by atoms with E-state index >= 15 is 0 Å². The minimum absolute atomic E-state index is 0.0192. The van der Waals surface area contributed by atoms with Crippen molar-refractivity contribution in [2.75, 3.05) is 7.11 Å². The van der Waals surface area contributed by atoms with Crippen LogP contribution >= 0.6 is 0 Å². The van der Waals surface area contributed by atoms with E-state index in [1.165, 1.54) is 32.4 Å². The Bertz CT molecular complexity index is 1150. The molecule has 186 valence electrons. The molecule has 0 bridgehead atoms. The largest absolute Gasteiger partial charge is 0.496 e. The predicted molar refractivity (Wildman–Crippen MR) is 126 cm³/mol. The van der Waals surface area contributed by atoms with Gasteiger partial charge in [0.15, 0.2) is 0 Å². The molecule has 0 aliphatic carbocycles. The predicted octanol–water partition coefficient (Wildman–Crippen LogP) is 3.26. The first-order chi connectivity index (χ1) is 16.1. The highest BCUT2D eigenvalue weighted by molar-refractivity contribution is 5.98. The Hall–Kier alpha value is -3.27. The van der Waals surface area contributed by atoms with Gasteiger partial charge in [-0.3, -0.25) is 14.2 Å². The van der Waals surface area contributed by atoms with Crippen LogP contribution in [-0.4, -0.2) is 39.1 Å². The number of aromatic nitrogens is 2. The maximum Gasteiger partial charge on any atom is 0.338 e. The molecule has 0 saturated heterocycles. The number of halogens is 1. The zero-order valence-corrected chi connectivity index (χ0v) is 20.2. The van der Waals surface area contributed by atoms with Crippen LogP contribution in [0.2, 0.25) is 0 Å². The van der Waals surface area contributed by atoms with E-state index in [1.807, 2.05) is 6.92 Å². The summed E-state index contributed by atoms with van der Waals surface area (Å²) in [7, 11) is 1.37. The van der Waals surface area contributed by atoms with E-state index < -0.39 is 29.1 Å². The van der Waals surface area contributed by atoms with Crippen LogP contribution in [0.4, 0.5) is 4.39 Å². The third-order valence-corrected chi connectivity index (χ3v) is 5.11. The summed E-state index contributed by atoms with van der Waals surface area (Å²) >= 11 is 0. The molecule has 1 unspecified atom stereocenters. The number of aliphatic hydroxyl groups is 1. The van der Waals surface area contributed by atoms with Gasteiger partial charge in [-0.05, 0) is 45.4 Å². The monoisotopic (exact) mass is 477 g/mol. The zero-order valence-electron chi connectivity index (χ0n) is 20.2. The number of carbonyl (C=O) groups excluding carboxylic acids is 1. The molecular weight excluding hydrogens is 445 g/mol. The van der Waals surface area contributed by atoms with Gasteiger partial charge in [0.1, 0.15) is 23.8 Å². The Labute approximate surface area is 197 Å². The first-order valence-electron chi connectivity index (χ1n) is 11.2. The Morgan fingerprint density at radius 1 is 1.24 bits per heavy atom. The molecule has 0 spiro atoms. The third-order valence-electron chi connectivity index (χ3n) is 5.11. The van der Waals surface area contributed by atoms with Crippen molar-refractivity contribution in [3.8, 4) is 5.75 Å². The van der Waals surface area contributed by atoms with Crippen LogP contribution < -0.4 is 16.0 Å². The van der Waals surface area contributed by atoms with E-state index in [4.69, 9.17) is 9.57 Å². The number of methoxy groups -OCH3 is 1. The Morgan fingerprint density at radius 2 is 1.94 bits per heavy atom. The molecule has 0 saturated carbocycles. The maximum atomic E-state index is 13.8. The average Bonchev–Trinajstić information content (AvgIpc) is 2.79. The van der Waals surface area contributed by atoms with Crippen molar-refractivity contribution < 1.29 is 23.9 Å². The molecule has 1 N–H and O–H groups in total. The first-order valence-corrected chi connectivity index (χ1v) is 11.2. The van der Waals surface area contributed by atoms with Crippen LogP contribution in [-0.2, 0) is 11.4 Å². The number of aliphatic hydroxyl groups excluding tert-OH is 1. The highest BCUT2D eigenvalue weighted by Gasteiger charge is 2.22. The van der Waals surface area contributed by atoms with Gasteiger partial charge in [-0.1, -0.05) is 24.9 Å². The molecule has 1 heterocycles. The number of nitrogens with zero attached hydrogens (tertiary/aromatic N) is 3. The summed E-state index contributed by atoms with van der Waals surface area (Å²) in [6.45, 7) is 6.66. The Kier molecular flexibility index (Phi) is 9.73. The van der Waals surface area contributed by atoms with Crippen LogP contribution in [0.3, 0.4) is 0 Å². The van der Waals surface area contributed by atoms with E-state index in [2.05, 4.69) is 5.16 Å². The van der Waals surface area contributed by atoms with Gasteiger partial charge < -0.3 is 14.7 Å². The third kappa shape index (κ3) is 6.63. The number of hydrogen-bond donors (Lipinski definition) is 1. The molecule has 1 aromatic carbocycles. The molecule has 0 radical (unpaired) electrons. The van der Waals surface area contributed by atoms with Gasteiger partial charge in [0.2, 0.25) is 5.91 Å². The normalized spacial score (nSPS) is 12.6. The van der Waals surface area contributed by atoms with Gasteiger partial charge in [-0.2, -0.15) is 4.57 Å². The summed E-state index contributed by atoms with van der Waals surface area (Å²) in [4.78, 5) is 44.2. The molecule has 0 amide bonds. The summed E-state index contributed by atoms with van der Waals surface area (Å²) in [5, 5.41) is 14.7. The maximum absolute atomic E-state index is 13.8. The average molecular weight is 478 g/mol. The smallest absolute Gasteiger partial charge is 0.338 e. The molecule has 0 aliphatic heterocycles. The second-order valence-corrected chi connectivity index (χ2v) is 8.20. The van der Waals surface area contributed by atoms with Gasteiger partial charge in [-0.25, -0.2) is 9.18 Å².